The Morgan fingerprint density at radius 3 is 2.50 bits per heavy atom. The molecule has 0 spiro atoms. The molecule has 96 valence electrons. The van der Waals surface area contributed by atoms with E-state index in [1.54, 1.807) is 24.7 Å². The highest BCUT2D eigenvalue weighted by atomic mass is 19.1. The van der Waals surface area contributed by atoms with Crippen LogP contribution in [0.15, 0.2) is 61.1 Å². The molecule has 2 aromatic heterocycles. The van der Waals surface area contributed by atoms with E-state index in [0.717, 1.165) is 27.6 Å². The molecule has 0 aliphatic rings. The minimum Gasteiger partial charge on any atom is -0.298 e. The highest BCUT2D eigenvalue weighted by Crippen LogP contribution is 2.25. The molecule has 2 heterocycles. The highest BCUT2D eigenvalue weighted by molar-refractivity contribution is 6.02. The number of nitrogens with zero attached hydrogens (tertiary/aromatic N) is 3. The minimum absolute atomic E-state index is 0.246. The number of fused-ring (bicyclic) bond motifs is 3. The Bertz CT molecular complexity index is 910. The monoisotopic (exact) mass is 263 g/mol. The predicted octanol–water partition coefficient (Wildman–Crippen LogP) is 3.71. The molecular formula is C16H10FN3. The van der Waals surface area contributed by atoms with E-state index < -0.39 is 0 Å². The predicted molar refractivity (Wildman–Crippen MR) is 76.3 cm³/mol. The van der Waals surface area contributed by atoms with Crippen LogP contribution in [0.5, 0.6) is 0 Å². The summed E-state index contributed by atoms with van der Waals surface area (Å²) in [6, 6.07) is 14.3. The van der Waals surface area contributed by atoms with E-state index in [2.05, 4.69) is 9.97 Å². The summed E-state index contributed by atoms with van der Waals surface area (Å²) in [5, 5.41) is 1.03. The van der Waals surface area contributed by atoms with E-state index in [0.29, 0.717) is 0 Å². The number of imidazole rings is 1. The SMILES string of the molecule is Fc1ccc(-n2cnc3cnc4ccccc4c32)cc1. The highest BCUT2D eigenvalue weighted by Gasteiger charge is 2.09. The van der Waals surface area contributed by atoms with E-state index in [1.807, 2.05) is 28.8 Å². The molecule has 0 saturated heterocycles. The Kier molecular flexibility index (Phi) is 2.29. The van der Waals surface area contributed by atoms with Crippen molar-refractivity contribution >= 4 is 21.9 Å². The number of halogens is 1. The second-order valence-corrected chi connectivity index (χ2v) is 4.60. The summed E-state index contributed by atoms with van der Waals surface area (Å²) in [5.74, 6) is -0.246. The van der Waals surface area contributed by atoms with Gasteiger partial charge in [0, 0.05) is 11.1 Å². The topological polar surface area (TPSA) is 30.7 Å². The maximum atomic E-state index is 13.1. The second kappa shape index (κ2) is 4.13. The fourth-order valence-corrected chi connectivity index (χ4v) is 2.44. The Hall–Kier alpha value is -2.75. The van der Waals surface area contributed by atoms with Gasteiger partial charge in [0.1, 0.15) is 17.7 Å². The molecule has 0 aliphatic carbocycles. The molecule has 0 aliphatic heterocycles. The van der Waals surface area contributed by atoms with Gasteiger partial charge >= 0.3 is 0 Å². The van der Waals surface area contributed by atoms with E-state index in [-0.39, 0.29) is 5.82 Å². The van der Waals surface area contributed by atoms with Crippen LogP contribution < -0.4 is 0 Å². The van der Waals surface area contributed by atoms with Gasteiger partial charge in [0.05, 0.1) is 17.2 Å². The molecule has 4 rings (SSSR count). The smallest absolute Gasteiger partial charge is 0.123 e. The van der Waals surface area contributed by atoms with Crippen molar-refractivity contribution in [2.75, 3.05) is 0 Å². The van der Waals surface area contributed by atoms with Gasteiger partial charge in [0.2, 0.25) is 0 Å². The summed E-state index contributed by atoms with van der Waals surface area (Å²) in [4.78, 5) is 8.77. The standard InChI is InChI=1S/C16H10FN3/c17-11-5-7-12(8-6-11)20-10-19-15-9-18-14-4-2-1-3-13(14)16(15)20/h1-10H. The fourth-order valence-electron chi connectivity index (χ4n) is 2.44. The lowest BCUT2D eigenvalue weighted by Gasteiger charge is -2.06. The zero-order valence-corrected chi connectivity index (χ0v) is 10.5. The second-order valence-electron chi connectivity index (χ2n) is 4.60. The summed E-state index contributed by atoms with van der Waals surface area (Å²) in [5.41, 5.74) is 3.62. The molecule has 4 aromatic rings. The van der Waals surface area contributed by atoms with Crippen LogP contribution in [-0.2, 0) is 0 Å². The van der Waals surface area contributed by atoms with E-state index >= 15 is 0 Å². The Morgan fingerprint density at radius 1 is 0.850 bits per heavy atom. The molecule has 0 bridgehead atoms. The molecule has 0 unspecified atom stereocenters. The molecule has 20 heavy (non-hydrogen) atoms. The normalized spacial score (nSPS) is 11.2. The van der Waals surface area contributed by atoms with Crippen molar-refractivity contribution in [1.82, 2.24) is 14.5 Å². The molecule has 0 amide bonds. The molecule has 0 fully saturated rings. The zero-order valence-electron chi connectivity index (χ0n) is 10.5. The molecular weight excluding hydrogens is 253 g/mol. The van der Waals surface area contributed by atoms with Gasteiger partial charge in [-0.25, -0.2) is 9.37 Å². The van der Waals surface area contributed by atoms with E-state index in [9.17, 15) is 4.39 Å². The number of benzene rings is 2. The Labute approximate surface area is 114 Å². The third-order valence-corrected chi connectivity index (χ3v) is 3.39. The summed E-state index contributed by atoms with van der Waals surface area (Å²) in [6.07, 6.45) is 3.50. The molecule has 0 saturated carbocycles. The van der Waals surface area contributed by atoms with E-state index in [1.165, 1.54) is 12.1 Å². The van der Waals surface area contributed by atoms with Crippen molar-refractivity contribution in [3.8, 4) is 5.69 Å². The number of hydrogen-bond acceptors (Lipinski definition) is 2. The summed E-state index contributed by atoms with van der Waals surface area (Å²) in [7, 11) is 0. The van der Waals surface area contributed by atoms with Gasteiger partial charge in [0.15, 0.2) is 0 Å². The van der Waals surface area contributed by atoms with Crippen LogP contribution in [0.4, 0.5) is 4.39 Å². The first-order chi connectivity index (χ1) is 9.83. The fraction of sp³-hybridized carbons (Fsp3) is 0. The molecule has 0 atom stereocenters. The lowest BCUT2D eigenvalue weighted by atomic mass is 10.2. The third kappa shape index (κ3) is 1.58. The van der Waals surface area contributed by atoms with Gasteiger partial charge in [-0.05, 0) is 30.3 Å². The molecule has 0 radical (unpaired) electrons. The van der Waals surface area contributed by atoms with Crippen molar-refractivity contribution in [1.29, 1.82) is 0 Å². The molecule has 4 heteroatoms. The van der Waals surface area contributed by atoms with Gasteiger partial charge in [-0.2, -0.15) is 0 Å². The number of pyridine rings is 1. The molecule has 2 aromatic carbocycles. The van der Waals surface area contributed by atoms with Gasteiger partial charge in [-0.3, -0.25) is 9.55 Å². The summed E-state index contributed by atoms with van der Waals surface area (Å²) >= 11 is 0. The quantitative estimate of drug-likeness (QED) is 0.524. The van der Waals surface area contributed by atoms with Crippen molar-refractivity contribution in [2.45, 2.75) is 0 Å². The minimum atomic E-state index is -0.246. The van der Waals surface area contributed by atoms with Crippen LogP contribution in [0.2, 0.25) is 0 Å². The Balaban J connectivity index is 2.09. The maximum absolute atomic E-state index is 13.1. The largest absolute Gasteiger partial charge is 0.298 e. The average molecular weight is 263 g/mol. The number of aromatic nitrogens is 3. The van der Waals surface area contributed by atoms with Gasteiger partial charge in [-0.15, -0.1) is 0 Å². The van der Waals surface area contributed by atoms with Crippen LogP contribution in [-0.4, -0.2) is 14.5 Å². The van der Waals surface area contributed by atoms with Gasteiger partial charge < -0.3 is 0 Å². The van der Waals surface area contributed by atoms with Gasteiger partial charge in [-0.1, -0.05) is 18.2 Å². The number of para-hydroxylation sites is 1. The lowest BCUT2D eigenvalue weighted by Crippen LogP contribution is -1.93. The summed E-state index contributed by atoms with van der Waals surface area (Å²) in [6.45, 7) is 0. The van der Waals surface area contributed by atoms with E-state index in [4.69, 9.17) is 0 Å². The number of rotatable bonds is 1. The van der Waals surface area contributed by atoms with Crippen molar-refractivity contribution < 1.29 is 4.39 Å². The zero-order chi connectivity index (χ0) is 13.5. The lowest BCUT2D eigenvalue weighted by molar-refractivity contribution is 0.627. The van der Waals surface area contributed by atoms with Crippen molar-refractivity contribution in [2.24, 2.45) is 0 Å². The van der Waals surface area contributed by atoms with Crippen molar-refractivity contribution in [3.05, 3.63) is 66.9 Å². The maximum Gasteiger partial charge on any atom is 0.123 e. The number of hydrogen-bond donors (Lipinski definition) is 0. The van der Waals surface area contributed by atoms with Crippen LogP contribution in [0, 0.1) is 5.82 Å². The third-order valence-electron chi connectivity index (χ3n) is 3.39. The van der Waals surface area contributed by atoms with Crippen molar-refractivity contribution in [3.63, 3.8) is 0 Å². The Morgan fingerprint density at radius 2 is 1.65 bits per heavy atom. The summed E-state index contributed by atoms with van der Waals surface area (Å²) < 4.78 is 15.0. The van der Waals surface area contributed by atoms with Crippen LogP contribution in [0.3, 0.4) is 0 Å². The first-order valence-electron chi connectivity index (χ1n) is 6.30. The first-order valence-corrected chi connectivity index (χ1v) is 6.30. The van der Waals surface area contributed by atoms with Crippen LogP contribution in [0.1, 0.15) is 0 Å². The van der Waals surface area contributed by atoms with Crippen LogP contribution in [0.25, 0.3) is 27.6 Å². The molecule has 3 nitrogen and oxygen atoms in total. The molecule has 0 N–H and O–H groups in total. The first kappa shape index (κ1) is 11.1. The van der Waals surface area contributed by atoms with Gasteiger partial charge in [0.25, 0.3) is 0 Å². The average Bonchev–Trinajstić information content (AvgIpc) is 2.92. The van der Waals surface area contributed by atoms with Crippen LogP contribution >= 0.6 is 0 Å².